The monoisotopic (exact) mass is 241 g/mol. The summed E-state index contributed by atoms with van der Waals surface area (Å²) in [6.07, 6.45) is 2.54. The van der Waals surface area contributed by atoms with Crippen molar-refractivity contribution in [2.75, 3.05) is 6.54 Å². The van der Waals surface area contributed by atoms with Crippen molar-refractivity contribution >= 4 is 11.9 Å². The predicted octanol–water partition coefficient (Wildman–Crippen LogP) is 1.08. The lowest BCUT2D eigenvalue weighted by molar-refractivity contribution is -0.134. The molecule has 0 bridgehead atoms. The van der Waals surface area contributed by atoms with E-state index in [4.69, 9.17) is 5.73 Å². The first-order valence-corrected chi connectivity index (χ1v) is 6.28. The number of carbonyl (C=O) groups excluding carboxylic acids is 2. The second kappa shape index (κ2) is 5.89. The molecule has 1 unspecified atom stereocenters. The highest BCUT2D eigenvalue weighted by Gasteiger charge is 2.36. The van der Waals surface area contributed by atoms with E-state index < -0.39 is 6.03 Å². The van der Waals surface area contributed by atoms with Crippen LogP contribution >= 0.6 is 0 Å². The molecule has 0 aromatic rings. The maximum absolute atomic E-state index is 12.1. The van der Waals surface area contributed by atoms with E-state index in [1.807, 2.05) is 4.90 Å². The van der Waals surface area contributed by atoms with Crippen LogP contribution in [0.5, 0.6) is 0 Å². The molecule has 17 heavy (non-hydrogen) atoms. The summed E-state index contributed by atoms with van der Waals surface area (Å²) in [5.41, 5.74) is 4.96. The lowest BCUT2D eigenvalue weighted by Gasteiger charge is -2.32. The molecular formula is C12H23N3O2. The summed E-state index contributed by atoms with van der Waals surface area (Å²) in [7, 11) is 0. The quantitative estimate of drug-likeness (QED) is 0.730. The Bertz CT molecular complexity index is 287. The highest BCUT2D eigenvalue weighted by Crippen LogP contribution is 2.31. The number of urea groups is 1. The van der Waals surface area contributed by atoms with Gasteiger partial charge < -0.3 is 16.0 Å². The third kappa shape index (κ3) is 4.24. The van der Waals surface area contributed by atoms with Crippen molar-refractivity contribution in [2.24, 2.45) is 11.7 Å². The van der Waals surface area contributed by atoms with Gasteiger partial charge in [0.2, 0.25) is 5.91 Å². The molecule has 1 rings (SSSR count). The van der Waals surface area contributed by atoms with E-state index in [-0.39, 0.29) is 11.9 Å². The predicted molar refractivity (Wildman–Crippen MR) is 66.4 cm³/mol. The van der Waals surface area contributed by atoms with E-state index in [1.165, 1.54) is 0 Å². The SMILES string of the molecule is CC(C)C(C)N(C(=O)CCNC(N)=O)C1CC1. The van der Waals surface area contributed by atoms with Gasteiger partial charge in [0.05, 0.1) is 0 Å². The van der Waals surface area contributed by atoms with Crippen LogP contribution in [-0.2, 0) is 4.79 Å². The Kier molecular flexibility index (Phi) is 4.78. The summed E-state index contributed by atoms with van der Waals surface area (Å²) in [6, 6.07) is 0.0877. The van der Waals surface area contributed by atoms with Crippen LogP contribution in [0.15, 0.2) is 0 Å². The van der Waals surface area contributed by atoms with Crippen molar-refractivity contribution in [3.63, 3.8) is 0 Å². The third-order valence-corrected chi connectivity index (χ3v) is 3.27. The van der Waals surface area contributed by atoms with Crippen molar-refractivity contribution in [3.8, 4) is 0 Å². The zero-order chi connectivity index (χ0) is 13.0. The van der Waals surface area contributed by atoms with Gasteiger partial charge in [-0.3, -0.25) is 4.79 Å². The normalized spacial score (nSPS) is 16.7. The molecule has 1 aliphatic carbocycles. The summed E-state index contributed by atoms with van der Waals surface area (Å²) in [6.45, 7) is 6.65. The van der Waals surface area contributed by atoms with Gasteiger partial charge in [-0.1, -0.05) is 13.8 Å². The highest BCUT2D eigenvalue weighted by atomic mass is 16.2. The van der Waals surface area contributed by atoms with Crippen molar-refractivity contribution in [2.45, 2.75) is 52.1 Å². The Labute approximate surface area is 103 Å². The minimum absolute atomic E-state index is 0.113. The first kappa shape index (κ1) is 13.8. The highest BCUT2D eigenvalue weighted by molar-refractivity contribution is 5.78. The van der Waals surface area contributed by atoms with Crippen LogP contribution in [0.4, 0.5) is 4.79 Å². The Balaban J connectivity index is 2.46. The summed E-state index contributed by atoms with van der Waals surface area (Å²) in [5.74, 6) is 0.561. The Morgan fingerprint density at radius 2 is 1.94 bits per heavy atom. The molecule has 3 N–H and O–H groups in total. The van der Waals surface area contributed by atoms with Gasteiger partial charge >= 0.3 is 6.03 Å². The minimum atomic E-state index is -0.576. The van der Waals surface area contributed by atoms with Crippen molar-refractivity contribution in [3.05, 3.63) is 0 Å². The van der Waals surface area contributed by atoms with Crippen LogP contribution < -0.4 is 11.1 Å². The lowest BCUT2D eigenvalue weighted by atomic mass is 10.0. The molecule has 98 valence electrons. The number of carbonyl (C=O) groups is 2. The van der Waals surface area contributed by atoms with Crippen LogP contribution in [0.25, 0.3) is 0 Å². The zero-order valence-electron chi connectivity index (χ0n) is 10.9. The maximum Gasteiger partial charge on any atom is 0.312 e. The molecule has 1 saturated carbocycles. The van der Waals surface area contributed by atoms with E-state index >= 15 is 0 Å². The van der Waals surface area contributed by atoms with Crippen LogP contribution in [-0.4, -0.2) is 35.5 Å². The number of hydrogen-bond acceptors (Lipinski definition) is 2. The average Bonchev–Trinajstić information content (AvgIpc) is 3.01. The fourth-order valence-corrected chi connectivity index (χ4v) is 1.86. The molecular weight excluding hydrogens is 218 g/mol. The fraction of sp³-hybridized carbons (Fsp3) is 0.833. The summed E-state index contributed by atoms with van der Waals surface area (Å²) >= 11 is 0. The molecule has 5 nitrogen and oxygen atoms in total. The van der Waals surface area contributed by atoms with Crippen LogP contribution in [0, 0.1) is 5.92 Å². The number of nitrogens with zero attached hydrogens (tertiary/aromatic N) is 1. The molecule has 0 aromatic heterocycles. The van der Waals surface area contributed by atoms with Gasteiger partial charge in [0, 0.05) is 25.0 Å². The summed E-state index contributed by atoms with van der Waals surface area (Å²) in [5, 5.41) is 2.45. The second-order valence-electron chi connectivity index (χ2n) is 5.06. The van der Waals surface area contributed by atoms with Gasteiger partial charge in [0.1, 0.15) is 0 Å². The Morgan fingerprint density at radius 1 is 1.35 bits per heavy atom. The Hall–Kier alpha value is -1.26. The van der Waals surface area contributed by atoms with E-state index in [0.717, 1.165) is 12.8 Å². The van der Waals surface area contributed by atoms with E-state index in [9.17, 15) is 9.59 Å². The molecule has 5 heteroatoms. The third-order valence-electron chi connectivity index (χ3n) is 3.27. The topological polar surface area (TPSA) is 75.4 Å². The van der Waals surface area contributed by atoms with E-state index in [2.05, 4.69) is 26.1 Å². The molecule has 0 aliphatic heterocycles. The lowest BCUT2D eigenvalue weighted by Crippen LogP contribution is -2.44. The van der Waals surface area contributed by atoms with Crippen LogP contribution in [0.3, 0.4) is 0 Å². The fourth-order valence-electron chi connectivity index (χ4n) is 1.86. The number of rotatable bonds is 6. The number of nitrogens with one attached hydrogen (secondary N) is 1. The second-order valence-corrected chi connectivity index (χ2v) is 5.06. The van der Waals surface area contributed by atoms with Crippen molar-refractivity contribution < 1.29 is 9.59 Å². The molecule has 0 saturated heterocycles. The zero-order valence-corrected chi connectivity index (χ0v) is 10.9. The van der Waals surface area contributed by atoms with Gasteiger partial charge in [-0.05, 0) is 25.7 Å². The first-order chi connectivity index (χ1) is 7.93. The summed E-state index contributed by atoms with van der Waals surface area (Å²) < 4.78 is 0. The van der Waals surface area contributed by atoms with Crippen LogP contribution in [0.2, 0.25) is 0 Å². The minimum Gasteiger partial charge on any atom is -0.352 e. The molecule has 0 spiro atoms. The van der Waals surface area contributed by atoms with E-state index in [1.54, 1.807) is 0 Å². The van der Waals surface area contributed by atoms with Gasteiger partial charge in [-0.25, -0.2) is 4.79 Å². The van der Waals surface area contributed by atoms with Gasteiger partial charge in [-0.2, -0.15) is 0 Å². The average molecular weight is 241 g/mol. The molecule has 0 radical (unpaired) electrons. The largest absolute Gasteiger partial charge is 0.352 e. The standard InChI is InChI=1S/C12H23N3O2/c1-8(2)9(3)15(10-4-5-10)11(16)6-7-14-12(13)17/h8-10H,4-7H2,1-3H3,(H3,13,14,17). The van der Waals surface area contributed by atoms with Gasteiger partial charge in [0.15, 0.2) is 0 Å². The smallest absolute Gasteiger partial charge is 0.312 e. The first-order valence-electron chi connectivity index (χ1n) is 6.28. The number of primary amides is 1. The van der Waals surface area contributed by atoms with Gasteiger partial charge in [-0.15, -0.1) is 0 Å². The number of hydrogen-bond donors (Lipinski definition) is 2. The van der Waals surface area contributed by atoms with Crippen molar-refractivity contribution in [1.29, 1.82) is 0 Å². The Morgan fingerprint density at radius 3 is 2.35 bits per heavy atom. The molecule has 3 amide bonds. The molecule has 0 heterocycles. The molecule has 1 atom stereocenters. The van der Waals surface area contributed by atoms with E-state index in [0.29, 0.717) is 24.9 Å². The molecule has 1 fully saturated rings. The van der Waals surface area contributed by atoms with Crippen LogP contribution in [0.1, 0.15) is 40.0 Å². The van der Waals surface area contributed by atoms with Crippen molar-refractivity contribution in [1.82, 2.24) is 10.2 Å². The van der Waals surface area contributed by atoms with Gasteiger partial charge in [0.25, 0.3) is 0 Å². The molecule has 1 aliphatic rings. The maximum atomic E-state index is 12.1. The summed E-state index contributed by atoms with van der Waals surface area (Å²) in [4.78, 5) is 24.6. The number of nitrogens with two attached hydrogens (primary N) is 1. The number of amides is 3. The molecule has 0 aromatic carbocycles.